The summed E-state index contributed by atoms with van der Waals surface area (Å²) < 4.78 is 0.935. The van der Waals surface area contributed by atoms with Crippen molar-refractivity contribution < 1.29 is 4.79 Å². The Hall–Kier alpha value is -0.350. The lowest BCUT2D eigenvalue weighted by Gasteiger charge is -2.39. The predicted molar refractivity (Wildman–Crippen MR) is 85.8 cm³/mol. The van der Waals surface area contributed by atoms with Gasteiger partial charge in [0.15, 0.2) is 0 Å². The van der Waals surface area contributed by atoms with Gasteiger partial charge in [-0.25, -0.2) is 0 Å². The molecule has 1 saturated carbocycles. The van der Waals surface area contributed by atoms with Gasteiger partial charge in [-0.05, 0) is 37.0 Å². The summed E-state index contributed by atoms with van der Waals surface area (Å²) >= 11 is 6.99. The summed E-state index contributed by atoms with van der Waals surface area (Å²) in [7, 11) is 0. The number of alkyl halides is 1. The summed E-state index contributed by atoms with van der Waals surface area (Å²) in [5, 5.41) is 4.07. The fraction of sp³-hybridized carbons (Fsp3) is 0.533. The molecule has 0 saturated heterocycles. The molecule has 0 aromatic heterocycles. The first-order chi connectivity index (χ1) is 9.04. The maximum absolute atomic E-state index is 12.4. The molecule has 19 heavy (non-hydrogen) atoms. The van der Waals surface area contributed by atoms with Crippen molar-refractivity contribution in [3.8, 4) is 0 Å². The standard InChI is InChI=1S/C15H19Br2NO/c1-11-4-3-7-15(9-11,10-16)18-14(19)12-5-2-6-13(17)8-12/h2,5-6,8,11H,3-4,7,9-10H2,1H3,(H,18,19). The van der Waals surface area contributed by atoms with Crippen LogP contribution in [0.1, 0.15) is 43.0 Å². The van der Waals surface area contributed by atoms with E-state index < -0.39 is 0 Å². The zero-order valence-electron chi connectivity index (χ0n) is 11.1. The fourth-order valence-corrected chi connectivity index (χ4v) is 3.92. The minimum atomic E-state index is -0.0862. The maximum Gasteiger partial charge on any atom is 0.251 e. The normalized spacial score (nSPS) is 27.0. The molecule has 0 heterocycles. The van der Waals surface area contributed by atoms with Crippen molar-refractivity contribution in [1.82, 2.24) is 5.32 Å². The van der Waals surface area contributed by atoms with Crippen LogP contribution in [0.15, 0.2) is 28.7 Å². The molecule has 0 aliphatic heterocycles. The highest BCUT2D eigenvalue weighted by molar-refractivity contribution is 9.10. The van der Waals surface area contributed by atoms with Crippen molar-refractivity contribution in [1.29, 1.82) is 0 Å². The summed E-state index contributed by atoms with van der Waals surface area (Å²) in [6, 6.07) is 7.54. The Morgan fingerprint density at radius 1 is 1.53 bits per heavy atom. The molecule has 2 nitrogen and oxygen atoms in total. The molecule has 2 rings (SSSR count). The lowest BCUT2D eigenvalue weighted by molar-refractivity contribution is 0.0869. The number of nitrogens with one attached hydrogen (secondary N) is 1. The molecule has 1 aliphatic rings. The van der Waals surface area contributed by atoms with Crippen LogP contribution in [0.25, 0.3) is 0 Å². The second-order valence-corrected chi connectivity index (χ2v) is 7.06. The van der Waals surface area contributed by atoms with E-state index in [2.05, 4.69) is 44.1 Å². The summed E-state index contributed by atoms with van der Waals surface area (Å²) in [4.78, 5) is 12.4. The average molecular weight is 389 g/mol. The Labute approximate surface area is 131 Å². The van der Waals surface area contributed by atoms with Gasteiger partial charge in [-0.1, -0.05) is 57.7 Å². The number of hydrogen-bond donors (Lipinski definition) is 1. The number of halogens is 2. The number of carbonyl (C=O) groups excluding carboxylic acids is 1. The van der Waals surface area contributed by atoms with Crippen molar-refractivity contribution >= 4 is 37.8 Å². The Bertz CT molecular complexity index is 463. The zero-order valence-corrected chi connectivity index (χ0v) is 14.3. The molecule has 0 bridgehead atoms. The van der Waals surface area contributed by atoms with Crippen molar-refractivity contribution in [2.45, 2.75) is 38.1 Å². The first kappa shape index (κ1) is 15.0. The number of amides is 1. The minimum absolute atomic E-state index is 0.0230. The Morgan fingerprint density at radius 2 is 2.32 bits per heavy atom. The summed E-state index contributed by atoms with van der Waals surface area (Å²) in [5.41, 5.74) is 0.629. The minimum Gasteiger partial charge on any atom is -0.346 e. The molecular formula is C15H19Br2NO. The van der Waals surface area contributed by atoms with E-state index in [0.29, 0.717) is 11.5 Å². The molecule has 1 N–H and O–H groups in total. The van der Waals surface area contributed by atoms with E-state index in [1.54, 1.807) is 0 Å². The SMILES string of the molecule is CC1CCCC(CBr)(NC(=O)c2cccc(Br)c2)C1. The Balaban J connectivity index is 2.12. The second-order valence-electron chi connectivity index (χ2n) is 5.58. The molecular weight excluding hydrogens is 370 g/mol. The van der Waals surface area contributed by atoms with Gasteiger partial charge in [0.25, 0.3) is 5.91 Å². The molecule has 1 fully saturated rings. The Morgan fingerprint density at radius 3 is 2.95 bits per heavy atom. The van der Waals surface area contributed by atoms with Gasteiger partial charge in [0, 0.05) is 15.4 Å². The highest BCUT2D eigenvalue weighted by atomic mass is 79.9. The van der Waals surface area contributed by atoms with Gasteiger partial charge in [0.1, 0.15) is 0 Å². The molecule has 0 radical (unpaired) electrons. The number of benzene rings is 1. The van der Waals surface area contributed by atoms with E-state index in [0.717, 1.165) is 22.6 Å². The molecule has 1 aliphatic carbocycles. The zero-order chi connectivity index (χ0) is 13.9. The van der Waals surface area contributed by atoms with Gasteiger partial charge in [0.05, 0.1) is 5.54 Å². The number of carbonyl (C=O) groups is 1. The highest BCUT2D eigenvalue weighted by Gasteiger charge is 2.35. The smallest absolute Gasteiger partial charge is 0.251 e. The Kier molecular flexibility index (Phi) is 5.07. The predicted octanol–water partition coefficient (Wildman–Crippen LogP) is 4.52. The molecule has 104 valence electrons. The fourth-order valence-electron chi connectivity index (χ4n) is 2.87. The van der Waals surface area contributed by atoms with Crippen molar-refractivity contribution in [3.63, 3.8) is 0 Å². The third-order valence-corrected chi connectivity index (χ3v) is 5.38. The van der Waals surface area contributed by atoms with Gasteiger partial charge in [-0.15, -0.1) is 0 Å². The summed E-state index contributed by atoms with van der Waals surface area (Å²) in [6.07, 6.45) is 4.56. The third-order valence-electron chi connectivity index (χ3n) is 3.81. The highest BCUT2D eigenvalue weighted by Crippen LogP contribution is 2.33. The molecule has 2 atom stereocenters. The molecule has 1 aromatic rings. The van der Waals surface area contributed by atoms with Crippen molar-refractivity contribution in [2.75, 3.05) is 5.33 Å². The monoisotopic (exact) mass is 387 g/mol. The van der Waals surface area contributed by atoms with E-state index in [4.69, 9.17) is 0 Å². The second kappa shape index (κ2) is 6.40. The quantitative estimate of drug-likeness (QED) is 0.757. The van der Waals surface area contributed by atoms with E-state index in [1.807, 2.05) is 24.3 Å². The maximum atomic E-state index is 12.4. The van der Waals surface area contributed by atoms with Crippen molar-refractivity contribution in [3.05, 3.63) is 34.3 Å². The van der Waals surface area contributed by atoms with Gasteiger partial charge < -0.3 is 5.32 Å². The van der Waals surface area contributed by atoms with Crippen LogP contribution in [0.5, 0.6) is 0 Å². The van der Waals surface area contributed by atoms with Crippen LogP contribution in [-0.4, -0.2) is 16.8 Å². The molecule has 0 spiro atoms. The average Bonchev–Trinajstić information content (AvgIpc) is 2.38. The molecule has 1 aromatic carbocycles. The third kappa shape index (κ3) is 3.82. The number of hydrogen-bond acceptors (Lipinski definition) is 1. The first-order valence-corrected chi connectivity index (χ1v) is 8.60. The van der Waals surface area contributed by atoms with Crippen molar-refractivity contribution in [2.24, 2.45) is 5.92 Å². The van der Waals surface area contributed by atoms with E-state index in [-0.39, 0.29) is 11.4 Å². The van der Waals surface area contributed by atoms with Gasteiger partial charge in [-0.3, -0.25) is 4.79 Å². The van der Waals surface area contributed by atoms with E-state index in [9.17, 15) is 4.79 Å². The largest absolute Gasteiger partial charge is 0.346 e. The van der Waals surface area contributed by atoms with Crippen LogP contribution in [0.3, 0.4) is 0 Å². The van der Waals surface area contributed by atoms with E-state index in [1.165, 1.54) is 12.8 Å². The van der Waals surface area contributed by atoms with E-state index >= 15 is 0 Å². The van der Waals surface area contributed by atoms with Crippen LogP contribution in [-0.2, 0) is 0 Å². The lowest BCUT2D eigenvalue weighted by Crippen LogP contribution is -2.52. The van der Waals surface area contributed by atoms with Gasteiger partial charge in [0.2, 0.25) is 0 Å². The first-order valence-electron chi connectivity index (χ1n) is 6.69. The lowest BCUT2D eigenvalue weighted by atomic mass is 9.77. The molecule has 4 heteroatoms. The summed E-state index contributed by atoms with van der Waals surface area (Å²) in [6.45, 7) is 2.27. The van der Waals surface area contributed by atoms with Crippen LogP contribution in [0, 0.1) is 5.92 Å². The van der Waals surface area contributed by atoms with Crippen LogP contribution in [0.2, 0.25) is 0 Å². The molecule has 2 unspecified atom stereocenters. The van der Waals surface area contributed by atoms with Crippen LogP contribution in [0.4, 0.5) is 0 Å². The molecule has 1 amide bonds. The summed E-state index contributed by atoms with van der Waals surface area (Å²) in [5.74, 6) is 0.698. The van der Waals surface area contributed by atoms with Crippen LogP contribution < -0.4 is 5.32 Å². The number of rotatable bonds is 3. The topological polar surface area (TPSA) is 29.1 Å². The van der Waals surface area contributed by atoms with Gasteiger partial charge in [-0.2, -0.15) is 0 Å². The van der Waals surface area contributed by atoms with Crippen LogP contribution >= 0.6 is 31.9 Å². The van der Waals surface area contributed by atoms with Gasteiger partial charge >= 0.3 is 0 Å².